The number of carboxylic acid groups (broad SMARTS) is 1. The minimum atomic E-state index is -4.39. The third-order valence-electron chi connectivity index (χ3n) is 7.01. The van der Waals surface area contributed by atoms with E-state index in [0.717, 1.165) is 11.6 Å². The number of hydrogen-bond acceptors (Lipinski definition) is 6. The Balaban J connectivity index is 1.81. The molecule has 1 heterocycles. The molecule has 0 aromatic heterocycles. The number of likely N-dealkylation sites (tertiary alicyclic amines) is 1. The molecule has 0 saturated carbocycles. The average Bonchev–Trinajstić information content (AvgIpc) is 3.36. The summed E-state index contributed by atoms with van der Waals surface area (Å²) in [4.78, 5) is 23.8. The lowest BCUT2D eigenvalue weighted by Gasteiger charge is -2.32. The van der Waals surface area contributed by atoms with Gasteiger partial charge in [-0.2, -0.15) is 4.31 Å². The molecule has 0 radical (unpaired) electrons. The van der Waals surface area contributed by atoms with Gasteiger partial charge in [-0.1, -0.05) is 54.6 Å². The van der Waals surface area contributed by atoms with E-state index in [1.807, 2.05) is 30.3 Å². The molecule has 10 nitrogen and oxygen atoms in total. The number of methoxy groups -OCH3 is 1. The van der Waals surface area contributed by atoms with Crippen molar-refractivity contribution in [1.82, 2.24) is 9.21 Å². The van der Waals surface area contributed by atoms with Gasteiger partial charge in [-0.3, -0.25) is 10.1 Å². The Morgan fingerprint density at radius 1 is 1.11 bits per heavy atom. The number of nitro benzene ring substituents is 1. The highest BCUT2D eigenvalue weighted by molar-refractivity contribution is 7.89. The summed E-state index contributed by atoms with van der Waals surface area (Å²) >= 11 is 0. The van der Waals surface area contributed by atoms with E-state index in [4.69, 9.17) is 4.74 Å². The maximum Gasteiger partial charge on any atom is 0.407 e. The molecular formula is C27H29N3O7S. The molecule has 3 aromatic carbocycles. The molecule has 1 amide bonds. The largest absolute Gasteiger partial charge is 0.497 e. The summed E-state index contributed by atoms with van der Waals surface area (Å²) in [6.07, 6.45) is -1.08. The Hall–Kier alpha value is -3.96. The summed E-state index contributed by atoms with van der Waals surface area (Å²) in [6.45, 7) is 2.01. The van der Waals surface area contributed by atoms with E-state index in [0.29, 0.717) is 11.3 Å². The average molecular weight is 540 g/mol. The van der Waals surface area contributed by atoms with Gasteiger partial charge in [-0.25, -0.2) is 13.2 Å². The zero-order valence-corrected chi connectivity index (χ0v) is 21.8. The minimum absolute atomic E-state index is 0.0455. The second-order valence-corrected chi connectivity index (χ2v) is 11.1. The zero-order chi connectivity index (χ0) is 27.4. The van der Waals surface area contributed by atoms with Crippen molar-refractivity contribution in [2.45, 2.75) is 23.8 Å². The maximum absolute atomic E-state index is 14.1. The third-order valence-corrected chi connectivity index (χ3v) is 8.99. The lowest BCUT2D eigenvalue weighted by atomic mass is 9.88. The van der Waals surface area contributed by atoms with Gasteiger partial charge < -0.3 is 14.7 Å². The third kappa shape index (κ3) is 5.48. The van der Waals surface area contributed by atoms with Crippen LogP contribution < -0.4 is 4.74 Å². The molecule has 0 aliphatic carbocycles. The van der Waals surface area contributed by atoms with Gasteiger partial charge in [0.05, 0.1) is 12.0 Å². The molecule has 4 rings (SSSR count). The van der Waals surface area contributed by atoms with E-state index in [-0.39, 0.29) is 31.5 Å². The van der Waals surface area contributed by atoms with Crippen molar-refractivity contribution in [2.75, 3.05) is 26.7 Å². The first-order valence-corrected chi connectivity index (χ1v) is 13.5. The number of para-hydroxylation sites is 1. The van der Waals surface area contributed by atoms with Crippen LogP contribution in [0.25, 0.3) is 0 Å². The van der Waals surface area contributed by atoms with E-state index >= 15 is 0 Å². The van der Waals surface area contributed by atoms with E-state index in [9.17, 15) is 28.4 Å². The topological polar surface area (TPSA) is 130 Å². The molecule has 1 fully saturated rings. The molecule has 0 unspecified atom stereocenters. The first-order valence-electron chi connectivity index (χ1n) is 12.1. The van der Waals surface area contributed by atoms with Gasteiger partial charge in [0.15, 0.2) is 4.90 Å². The fraction of sp³-hybridized carbons (Fsp3) is 0.296. The van der Waals surface area contributed by atoms with Crippen molar-refractivity contribution in [3.63, 3.8) is 0 Å². The van der Waals surface area contributed by atoms with Crippen LogP contribution in [0, 0.1) is 16.0 Å². The van der Waals surface area contributed by atoms with E-state index in [2.05, 4.69) is 0 Å². The van der Waals surface area contributed by atoms with E-state index in [1.165, 1.54) is 34.5 Å². The van der Waals surface area contributed by atoms with Crippen molar-refractivity contribution in [2.24, 2.45) is 5.92 Å². The van der Waals surface area contributed by atoms with E-state index in [1.54, 1.807) is 31.2 Å². The van der Waals surface area contributed by atoms with Crippen molar-refractivity contribution in [1.29, 1.82) is 0 Å². The van der Waals surface area contributed by atoms with Crippen LogP contribution in [0.5, 0.6) is 5.75 Å². The molecule has 0 spiro atoms. The van der Waals surface area contributed by atoms with Crippen LogP contribution in [0.1, 0.15) is 30.0 Å². The van der Waals surface area contributed by atoms with Gasteiger partial charge in [0.25, 0.3) is 5.69 Å². The number of carbonyl (C=O) groups is 1. The highest BCUT2D eigenvalue weighted by Crippen LogP contribution is 2.38. The smallest absolute Gasteiger partial charge is 0.407 e. The quantitative estimate of drug-likeness (QED) is 0.307. The van der Waals surface area contributed by atoms with Crippen molar-refractivity contribution >= 4 is 21.8 Å². The van der Waals surface area contributed by atoms with Gasteiger partial charge in [-0.05, 0) is 42.2 Å². The number of nitro groups is 1. The van der Waals surface area contributed by atoms with Crippen LogP contribution in [0.4, 0.5) is 10.5 Å². The molecule has 3 aromatic rings. The monoisotopic (exact) mass is 539 g/mol. The summed E-state index contributed by atoms with van der Waals surface area (Å²) in [7, 11) is -2.88. The summed E-state index contributed by atoms with van der Waals surface area (Å²) in [5.74, 6) is -0.107. The predicted octanol–water partition coefficient (Wildman–Crippen LogP) is 4.75. The maximum atomic E-state index is 14.1. The van der Waals surface area contributed by atoms with Crippen molar-refractivity contribution in [3.8, 4) is 5.75 Å². The van der Waals surface area contributed by atoms with Crippen molar-refractivity contribution in [3.05, 3.63) is 100 Å². The van der Waals surface area contributed by atoms with E-state index < -0.39 is 37.7 Å². The molecule has 0 bridgehead atoms. The minimum Gasteiger partial charge on any atom is -0.497 e. The predicted molar refractivity (Wildman–Crippen MR) is 141 cm³/mol. The Bertz CT molecular complexity index is 1410. The Morgan fingerprint density at radius 3 is 2.45 bits per heavy atom. The number of ether oxygens (including phenoxy) is 1. The molecule has 3 atom stereocenters. The SMILES string of the molecule is COc1cccc([C@@H](C)N(C[C@H]2CN(C(=O)O)C[C@@H]2c2ccccc2)S(=O)(=O)c2ccccc2[N+](=O)[O-])c1. The molecule has 1 saturated heterocycles. The number of benzene rings is 3. The summed E-state index contributed by atoms with van der Waals surface area (Å²) < 4.78 is 34.8. The highest BCUT2D eigenvalue weighted by atomic mass is 32.2. The Labute approximate surface area is 221 Å². The van der Waals surface area contributed by atoms with Crippen LogP contribution in [0.15, 0.2) is 83.8 Å². The van der Waals surface area contributed by atoms with Crippen LogP contribution in [0.3, 0.4) is 0 Å². The lowest BCUT2D eigenvalue weighted by Crippen LogP contribution is -2.39. The molecule has 38 heavy (non-hydrogen) atoms. The number of hydrogen-bond donors (Lipinski definition) is 1. The summed E-state index contributed by atoms with van der Waals surface area (Å²) in [5.41, 5.74) is 1.02. The normalized spacial score (nSPS) is 18.3. The molecule has 1 N–H and O–H groups in total. The Kier molecular flexibility index (Phi) is 7.98. The Morgan fingerprint density at radius 2 is 1.79 bits per heavy atom. The van der Waals surface area contributed by atoms with Gasteiger partial charge in [0.2, 0.25) is 10.0 Å². The van der Waals surface area contributed by atoms with Crippen LogP contribution in [-0.2, 0) is 10.0 Å². The van der Waals surface area contributed by atoms with Gasteiger partial charge in [0.1, 0.15) is 5.75 Å². The number of nitrogens with zero attached hydrogens (tertiary/aromatic N) is 3. The molecule has 200 valence electrons. The zero-order valence-electron chi connectivity index (χ0n) is 21.0. The van der Waals surface area contributed by atoms with Gasteiger partial charge >= 0.3 is 6.09 Å². The van der Waals surface area contributed by atoms with Crippen LogP contribution >= 0.6 is 0 Å². The lowest BCUT2D eigenvalue weighted by molar-refractivity contribution is -0.387. The standard InChI is InChI=1S/C27H29N3O7S/c1-19(21-11-8-12-23(15-21)37-2)29(38(35,36)26-14-7-6-13-25(26)30(33)34)17-22-16-28(27(31)32)18-24(22)20-9-4-3-5-10-20/h3-15,19,22,24H,16-18H2,1-2H3,(H,31,32)/t19-,22-,24-/m1/s1. The van der Waals surface area contributed by atoms with Crippen molar-refractivity contribution < 1.29 is 28.0 Å². The molecular weight excluding hydrogens is 510 g/mol. The summed E-state index contributed by atoms with van der Waals surface area (Å²) in [5, 5.41) is 21.5. The number of rotatable bonds is 9. The second kappa shape index (κ2) is 11.2. The molecule has 1 aliphatic rings. The first kappa shape index (κ1) is 27.1. The van der Waals surface area contributed by atoms with Gasteiger partial charge in [0, 0.05) is 37.7 Å². The van der Waals surface area contributed by atoms with Crippen LogP contribution in [0.2, 0.25) is 0 Å². The molecule has 11 heteroatoms. The summed E-state index contributed by atoms with van der Waals surface area (Å²) in [6, 6.07) is 20.9. The number of amides is 1. The van der Waals surface area contributed by atoms with Gasteiger partial charge in [-0.15, -0.1) is 0 Å². The fourth-order valence-corrected chi connectivity index (χ4v) is 6.84. The van der Waals surface area contributed by atoms with Crippen LogP contribution in [-0.4, -0.2) is 60.5 Å². The second-order valence-electron chi connectivity index (χ2n) is 9.22. The fourth-order valence-electron chi connectivity index (χ4n) is 5.01. The highest BCUT2D eigenvalue weighted by Gasteiger charge is 2.42. The first-order chi connectivity index (χ1) is 18.1. The molecule has 1 aliphatic heterocycles. The number of sulfonamides is 1.